The Morgan fingerprint density at radius 3 is 2.48 bits per heavy atom. The van der Waals surface area contributed by atoms with Crippen molar-refractivity contribution < 1.29 is 4.79 Å². The Morgan fingerprint density at radius 1 is 1.12 bits per heavy atom. The zero-order valence-electron chi connectivity index (χ0n) is 14.3. The molecule has 4 nitrogen and oxygen atoms in total. The summed E-state index contributed by atoms with van der Waals surface area (Å²) in [6, 6.07) is 18.5. The molecule has 0 saturated heterocycles. The maximum atomic E-state index is 12.7. The number of hydrogen-bond acceptors (Lipinski definition) is 2. The van der Waals surface area contributed by atoms with Gasteiger partial charge in [-0.1, -0.05) is 49.4 Å². The molecule has 0 radical (unpaired) electrons. The van der Waals surface area contributed by atoms with Crippen molar-refractivity contribution in [2.24, 2.45) is 0 Å². The van der Waals surface area contributed by atoms with E-state index < -0.39 is 0 Å². The summed E-state index contributed by atoms with van der Waals surface area (Å²) in [6.45, 7) is 2.13. The standard InChI is InChI=1S/C21H21N3O/c1-2-15-8-10-16(11-9-15)20-19(21(25)22-17-12-13-17)14-24(23-20)18-6-4-3-5-7-18/h3-11,14,17H,2,12-13H2,1H3,(H,22,25). The van der Waals surface area contributed by atoms with E-state index >= 15 is 0 Å². The van der Waals surface area contributed by atoms with Crippen LogP contribution in [0.2, 0.25) is 0 Å². The predicted octanol–water partition coefficient (Wildman–Crippen LogP) is 3.99. The molecule has 1 N–H and O–H groups in total. The number of carbonyl (C=O) groups excluding carboxylic acids is 1. The maximum absolute atomic E-state index is 12.7. The average Bonchev–Trinajstić information content (AvgIpc) is 3.36. The third-order valence-corrected chi connectivity index (χ3v) is 4.53. The second-order valence-electron chi connectivity index (χ2n) is 6.47. The molecule has 1 aromatic heterocycles. The van der Waals surface area contributed by atoms with Gasteiger partial charge in [0.25, 0.3) is 5.91 Å². The first kappa shape index (κ1) is 15.6. The minimum Gasteiger partial charge on any atom is -0.349 e. The Balaban J connectivity index is 1.76. The number of benzene rings is 2. The van der Waals surface area contributed by atoms with Gasteiger partial charge in [-0.15, -0.1) is 0 Å². The molecule has 1 saturated carbocycles. The first-order chi connectivity index (χ1) is 12.2. The molecule has 0 bridgehead atoms. The smallest absolute Gasteiger partial charge is 0.255 e. The normalized spacial score (nSPS) is 13.6. The van der Waals surface area contributed by atoms with Crippen LogP contribution in [0.1, 0.15) is 35.7 Å². The van der Waals surface area contributed by atoms with Gasteiger partial charge in [0, 0.05) is 17.8 Å². The highest BCUT2D eigenvalue weighted by Gasteiger charge is 2.26. The van der Waals surface area contributed by atoms with Crippen LogP contribution in [-0.2, 0) is 6.42 Å². The van der Waals surface area contributed by atoms with Crippen molar-refractivity contribution in [3.63, 3.8) is 0 Å². The molecule has 2 aromatic carbocycles. The van der Waals surface area contributed by atoms with Crippen LogP contribution < -0.4 is 5.32 Å². The molecule has 4 rings (SSSR count). The van der Waals surface area contributed by atoms with E-state index in [4.69, 9.17) is 5.10 Å². The van der Waals surface area contributed by atoms with Gasteiger partial charge in [0.2, 0.25) is 0 Å². The van der Waals surface area contributed by atoms with Crippen molar-refractivity contribution in [3.05, 3.63) is 71.9 Å². The second-order valence-corrected chi connectivity index (χ2v) is 6.47. The summed E-state index contributed by atoms with van der Waals surface area (Å²) in [7, 11) is 0. The molecule has 0 aliphatic heterocycles. The molecule has 1 amide bonds. The highest BCUT2D eigenvalue weighted by Crippen LogP contribution is 2.26. The van der Waals surface area contributed by atoms with Crippen molar-refractivity contribution in [3.8, 4) is 16.9 Å². The van der Waals surface area contributed by atoms with Crippen LogP contribution in [0.4, 0.5) is 0 Å². The SMILES string of the molecule is CCc1ccc(-c2nn(-c3ccccc3)cc2C(=O)NC2CC2)cc1. The van der Waals surface area contributed by atoms with Gasteiger partial charge in [-0.3, -0.25) is 4.79 Å². The molecule has 1 aliphatic rings. The lowest BCUT2D eigenvalue weighted by atomic mass is 10.0. The minimum atomic E-state index is -0.0424. The molecule has 1 aliphatic carbocycles. The molecule has 126 valence electrons. The van der Waals surface area contributed by atoms with Crippen molar-refractivity contribution in [1.82, 2.24) is 15.1 Å². The molecule has 1 heterocycles. The van der Waals surface area contributed by atoms with Crippen molar-refractivity contribution in [1.29, 1.82) is 0 Å². The molecule has 1 fully saturated rings. The van der Waals surface area contributed by atoms with E-state index in [-0.39, 0.29) is 5.91 Å². The van der Waals surface area contributed by atoms with Crippen LogP contribution >= 0.6 is 0 Å². The summed E-state index contributed by atoms with van der Waals surface area (Å²) in [4.78, 5) is 12.7. The van der Waals surface area contributed by atoms with Gasteiger partial charge in [-0.25, -0.2) is 4.68 Å². The Labute approximate surface area is 147 Å². The molecular formula is C21H21N3O. The van der Waals surface area contributed by atoms with Gasteiger partial charge in [0.1, 0.15) is 5.69 Å². The number of para-hydroxylation sites is 1. The van der Waals surface area contributed by atoms with Crippen LogP contribution in [0.25, 0.3) is 16.9 Å². The number of aromatic nitrogens is 2. The largest absolute Gasteiger partial charge is 0.349 e. The Bertz CT molecular complexity index is 877. The number of aryl methyl sites for hydroxylation is 1. The monoisotopic (exact) mass is 331 g/mol. The van der Waals surface area contributed by atoms with Crippen molar-refractivity contribution in [2.75, 3.05) is 0 Å². The predicted molar refractivity (Wildman–Crippen MR) is 98.9 cm³/mol. The van der Waals surface area contributed by atoms with Gasteiger partial charge in [0.15, 0.2) is 0 Å². The number of carbonyl (C=O) groups is 1. The quantitative estimate of drug-likeness (QED) is 0.768. The van der Waals surface area contributed by atoms with Gasteiger partial charge >= 0.3 is 0 Å². The van der Waals surface area contributed by atoms with E-state index in [0.717, 1.165) is 36.2 Å². The number of amides is 1. The fraction of sp³-hybridized carbons (Fsp3) is 0.238. The van der Waals surface area contributed by atoms with Gasteiger partial charge in [-0.05, 0) is 37.0 Å². The van der Waals surface area contributed by atoms with Crippen LogP contribution in [0, 0.1) is 0 Å². The lowest BCUT2D eigenvalue weighted by Gasteiger charge is -2.04. The van der Waals surface area contributed by atoms with Crippen LogP contribution in [-0.4, -0.2) is 21.7 Å². The molecule has 3 aromatic rings. The highest BCUT2D eigenvalue weighted by atomic mass is 16.1. The summed E-state index contributed by atoms with van der Waals surface area (Å²) >= 11 is 0. The summed E-state index contributed by atoms with van der Waals surface area (Å²) < 4.78 is 1.78. The van der Waals surface area contributed by atoms with E-state index in [1.165, 1.54) is 5.56 Å². The lowest BCUT2D eigenvalue weighted by molar-refractivity contribution is 0.0951. The molecular weight excluding hydrogens is 310 g/mol. The van der Waals surface area contributed by atoms with E-state index in [1.54, 1.807) is 4.68 Å². The van der Waals surface area contributed by atoms with Crippen molar-refractivity contribution in [2.45, 2.75) is 32.2 Å². The molecule has 0 atom stereocenters. The molecule has 0 spiro atoms. The molecule has 0 unspecified atom stereocenters. The van der Waals surface area contributed by atoms with Crippen LogP contribution in [0.15, 0.2) is 60.8 Å². The summed E-state index contributed by atoms with van der Waals surface area (Å²) in [5.41, 5.74) is 4.53. The number of nitrogens with one attached hydrogen (secondary N) is 1. The second kappa shape index (κ2) is 6.55. The first-order valence-electron chi connectivity index (χ1n) is 8.80. The highest BCUT2D eigenvalue weighted by molar-refractivity contribution is 6.00. The Morgan fingerprint density at radius 2 is 1.84 bits per heavy atom. The van der Waals surface area contributed by atoms with Crippen molar-refractivity contribution >= 4 is 5.91 Å². The zero-order valence-corrected chi connectivity index (χ0v) is 14.3. The Hall–Kier alpha value is -2.88. The number of hydrogen-bond donors (Lipinski definition) is 1. The number of rotatable bonds is 5. The fourth-order valence-electron chi connectivity index (χ4n) is 2.86. The van der Waals surface area contributed by atoms with E-state index in [1.807, 2.05) is 48.7 Å². The average molecular weight is 331 g/mol. The Kier molecular flexibility index (Phi) is 4.10. The number of nitrogens with zero attached hydrogens (tertiary/aromatic N) is 2. The van der Waals surface area contributed by atoms with Gasteiger partial charge in [0.05, 0.1) is 11.3 Å². The summed E-state index contributed by atoms with van der Waals surface area (Å²) in [5, 5.41) is 7.79. The van der Waals surface area contributed by atoms with Gasteiger partial charge in [-0.2, -0.15) is 5.10 Å². The summed E-state index contributed by atoms with van der Waals surface area (Å²) in [5.74, 6) is -0.0424. The lowest BCUT2D eigenvalue weighted by Crippen LogP contribution is -2.25. The van der Waals surface area contributed by atoms with E-state index in [2.05, 4.69) is 24.4 Å². The fourth-order valence-corrected chi connectivity index (χ4v) is 2.86. The third-order valence-electron chi connectivity index (χ3n) is 4.53. The molecule has 4 heteroatoms. The van der Waals surface area contributed by atoms with Crippen LogP contribution in [0.3, 0.4) is 0 Å². The molecule has 25 heavy (non-hydrogen) atoms. The maximum Gasteiger partial charge on any atom is 0.255 e. The van der Waals surface area contributed by atoms with Crippen LogP contribution in [0.5, 0.6) is 0 Å². The first-order valence-corrected chi connectivity index (χ1v) is 8.80. The topological polar surface area (TPSA) is 46.9 Å². The zero-order chi connectivity index (χ0) is 17.2. The summed E-state index contributed by atoms with van der Waals surface area (Å²) in [6.07, 6.45) is 4.96. The minimum absolute atomic E-state index is 0.0424. The third kappa shape index (κ3) is 3.33. The van der Waals surface area contributed by atoms with E-state index in [0.29, 0.717) is 11.6 Å². The van der Waals surface area contributed by atoms with E-state index in [9.17, 15) is 4.79 Å². The van der Waals surface area contributed by atoms with Gasteiger partial charge < -0.3 is 5.32 Å².